The Balaban J connectivity index is 1.88. The van der Waals surface area contributed by atoms with Crippen LogP contribution in [-0.4, -0.2) is 52.4 Å². The fraction of sp³-hybridized carbons (Fsp3) is 0.231. The van der Waals surface area contributed by atoms with Gasteiger partial charge in [0.05, 0.1) is 46.9 Å². The van der Waals surface area contributed by atoms with Gasteiger partial charge in [0.1, 0.15) is 27.9 Å². The highest BCUT2D eigenvalue weighted by atomic mass is 32.2. The average Bonchev–Trinajstić information content (AvgIpc) is 2.91. The number of ether oxygens (including phenoxy) is 5. The maximum Gasteiger partial charge on any atom is 0.339 e. The van der Waals surface area contributed by atoms with Crippen molar-refractivity contribution in [1.82, 2.24) is 0 Å². The highest BCUT2D eigenvalue weighted by Crippen LogP contribution is 2.36. The Bertz CT molecular complexity index is 1490. The SMILES string of the molecule is COc1ccc(S(=O)(=O)Oc2cc(CS(=O)(=O)/C=C/c3c(OC)cc(OC)cc3OC)ccc2OC)cc1. The molecule has 0 fully saturated rings. The molecule has 0 atom stereocenters. The van der Waals surface area contributed by atoms with Gasteiger partial charge in [-0.25, -0.2) is 8.42 Å². The number of methoxy groups -OCH3 is 5. The van der Waals surface area contributed by atoms with Crippen molar-refractivity contribution in [2.45, 2.75) is 10.6 Å². The van der Waals surface area contributed by atoms with E-state index in [0.717, 1.165) is 5.41 Å². The second-order valence-electron chi connectivity index (χ2n) is 7.75. The topological polar surface area (TPSA) is 124 Å². The first-order valence-electron chi connectivity index (χ1n) is 11.0. The molecule has 10 nitrogen and oxygen atoms in total. The molecule has 0 aliphatic carbocycles. The Morgan fingerprint density at radius 3 is 1.74 bits per heavy atom. The third-order valence-corrected chi connectivity index (χ3v) is 7.87. The highest BCUT2D eigenvalue weighted by Gasteiger charge is 2.21. The van der Waals surface area contributed by atoms with E-state index in [9.17, 15) is 16.8 Å². The molecule has 3 aromatic rings. The second-order valence-corrected chi connectivity index (χ2v) is 11.2. The van der Waals surface area contributed by atoms with Gasteiger partial charge in [0, 0.05) is 17.5 Å². The van der Waals surface area contributed by atoms with Gasteiger partial charge in [-0.2, -0.15) is 8.42 Å². The molecule has 0 N–H and O–H groups in total. The van der Waals surface area contributed by atoms with E-state index in [0.29, 0.717) is 28.6 Å². The van der Waals surface area contributed by atoms with Crippen LogP contribution in [-0.2, 0) is 25.7 Å². The van der Waals surface area contributed by atoms with Gasteiger partial charge in [-0.1, -0.05) is 6.07 Å². The number of sulfone groups is 1. The molecule has 0 radical (unpaired) electrons. The van der Waals surface area contributed by atoms with Crippen LogP contribution >= 0.6 is 0 Å². The zero-order valence-corrected chi connectivity index (χ0v) is 23.1. The molecule has 3 aromatic carbocycles. The lowest BCUT2D eigenvalue weighted by Crippen LogP contribution is -2.11. The lowest BCUT2D eigenvalue weighted by molar-refractivity contribution is 0.374. The van der Waals surface area contributed by atoms with Crippen LogP contribution in [0.15, 0.2) is 64.9 Å². The monoisotopic (exact) mass is 564 g/mol. The Kier molecular flexibility index (Phi) is 9.13. The quantitative estimate of drug-likeness (QED) is 0.297. The van der Waals surface area contributed by atoms with Gasteiger partial charge >= 0.3 is 10.1 Å². The first kappa shape index (κ1) is 28.7. The molecule has 0 saturated heterocycles. The molecule has 0 spiro atoms. The minimum absolute atomic E-state index is 0.108. The molecule has 0 unspecified atom stereocenters. The third kappa shape index (κ3) is 6.90. The Morgan fingerprint density at radius 1 is 0.632 bits per heavy atom. The highest BCUT2D eigenvalue weighted by molar-refractivity contribution is 7.93. The van der Waals surface area contributed by atoms with Crippen molar-refractivity contribution in [1.29, 1.82) is 0 Å². The summed E-state index contributed by atoms with van der Waals surface area (Å²) in [6, 6.07) is 13.1. The summed E-state index contributed by atoms with van der Waals surface area (Å²) in [5, 5.41) is 1.03. The predicted molar refractivity (Wildman–Crippen MR) is 142 cm³/mol. The minimum Gasteiger partial charge on any atom is -0.497 e. The summed E-state index contributed by atoms with van der Waals surface area (Å²) in [5.41, 5.74) is 0.688. The summed E-state index contributed by atoms with van der Waals surface area (Å²) in [4.78, 5) is -0.108. The van der Waals surface area contributed by atoms with Crippen molar-refractivity contribution in [2.75, 3.05) is 35.5 Å². The standard InChI is InChI=1S/C26H28O10S2/c1-31-19-7-9-21(10-8-19)38(29,30)36-26-14-18(6-11-23(26)33-3)17-37(27,28)13-12-22-24(34-4)15-20(32-2)16-25(22)35-5/h6-16H,17H2,1-5H3/b13-12+. The molecule has 12 heteroatoms. The van der Waals surface area contributed by atoms with Crippen molar-refractivity contribution in [3.8, 4) is 34.5 Å². The number of benzene rings is 3. The Morgan fingerprint density at radius 2 is 1.21 bits per heavy atom. The Labute approximate surface area is 222 Å². The van der Waals surface area contributed by atoms with Crippen LogP contribution in [0, 0.1) is 0 Å². The molecule has 0 heterocycles. The van der Waals surface area contributed by atoms with E-state index in [1.807, 2.05) is 0 Å². The lowest BCUT2D eigenvalue weighted by atomic mass is 10.1. The maximum absolute atomic E-state index is 12.9. The van der Waals surface area contributed by atoms with Gasteiger partial charge in [-0.3, -0.25) is 0 Å². The summed E-state index contributed by atoms with van der Waals surface area (Å²) in [7, 11) is -0.875. The van der Waals surface area contributed by atoms with Crippen molar-refractivity contribution in [2.24, 2.45) is 0 Å². The van der Waals surface area contributed by atoms with E-state index in [1.165, 1.54) is 84.1 Å². The lowest BCUT2D eigenvalue weighted by Gasteiger charge is -2.13. The summed E-state index contributed by atoms with van der Waals surface area (Å²) in [6.45, 7) is 0. The molecule has 3 rings (SSSR count). The summed E-state index contributed by atoms with van der Waals surface area (Å²) in [6.07, 6.45) is 1.36. The van der Waals surface area contributed by atoms with Crippen LogP contribution in [0.1, 0.15) is 11.1 Å². The van der Waals surface area contributed by atoms with Crippen LogP contribution in [0.4, 0.5) is 0 Å². The van der Waals surface area contributed by atoms with Gasteiger partial charge in [0.25, 0.3) is 0 Å². The largest absolute Gasteiger partial charge is 0.497 e. The molecular formula is C26H28O10S2. The first-order chi connectivity index (χ1) is 18.0. The predicted octanol–water partition coefficient (Wildman–Crippen LogP) is 4.08. The summed E-state index contributed by atoms with van der Waals surface area (Å²) < 4.78 is 83.0. The zero-order chi connectivity index (χ0) is 27.9. The number of rotatable bonds is 12. The molecule has 0 bridgehead atoms. The van der Waals surface area contributed by atoms with Crippen LogP contribution < -0.4 is 27.9 Å². The van der Waals surface area contributed by atoms with Crippen LogP contribution in [0.5, 0.6) is 34.5 Å². The fourth-order valence-corrected chi connectivity index (χ4v) is 5.45. The van der Waals surface area contributed by atoms with Crippen molar-refractivity contribution in [3.63, 3.8) is 0 Å². The Hall–Kier alpha value is -3.90. The third-order valence-electron chi connectivity index (χ3n) is 5.34. The minimum atomic E-state index is -4.24. The molecule has 0 saturated carbocycles. The van der Waals surface area contributed by atoms with Crippen LogP contribution in [0.3, 0.4) is 0 Å². The molecule has 204 valence electrons. The molecule has 0 aliphatic heterocycles. The van der Waals surface area contributed by atoms with Gasteiger partial charge < -0.3 is 27.9 Å². The van der Waals surface area contributed by atoms with Crippen molar-refractivity contribution < 1.29 is 44.7 Å². The normalized spacial score (nSPS) is 11.7. The summed E-state index contributed by atoms with van der Waals surface area (Å²) in [5.74, 6) is 1.20. The molecular weight excluding hydrogens is 536 g/mol. The van der Waals surface area contributed by atoms with Gasteiger partial charge in [-0.05, 0) is 48.0 Å². The molecule has 0 aromatic heterocycles. The number of hydrogen-bond acceptors (Lipinski definition) is 10. The van der Waals surface area contributed by atoms with Gasteiger partial charge in [0.15, 0.2) is 21.3 Å². The van der Waals surface area contributed by atoms with E-state index in [-0.39, 0.29) is 22.0 Å². The van der Waals surface area contributed by atoms with E-state index >= 15 is 0 Å². The van der Waals surface area contributed by atoms with Gasteiger partial charge in [-0.15, -0.1) is 0 Å². The van der Waals surface area contributed by atoms with Crippen LogP contribution in [0.2, 0.25) is 0 Å². The number of hydrogen-bond donors (Lipinski definition) is 0. The van der Waals surface area contributed by atoms with Crippen molar-refractivity contribution in [3.05, 3.63) is 71.1 Å². The first-order valence-corrected chi connectivity index (χ1v) is 14.1. The molecule has 0 aliphatic rings. The fourth-order valence-electron chi connectivity index (χ4n) is 3.43. The second kappa shape index (κ2) is 12.1. The van der Waals surface area contributed by atoms with E-state index in [2.05, 4.69) is 0 Å². The van der Waals surface area contributed by atoms with E-state index in [4.69, 9.17) is 27.9 Å². The maximum atomic E-state index is 12.9. The molecule has 38 heavy (non-hydrogen) atoms. The molecule has 0 amide bonds. The summed E-state index contributed by atoms with van der Waals surface area (Å²) >= 11 is 0. The smallest absolute Gasteiger partial charge is 0.339 e. The average molecular weight is 565 g/mol. The zero-order valence-electron chi connectivity index (χ0n) is 21.5. The van der Waals surface area contributed by atoms with Gasteiger partial charge in [0.2, 0.25) is 0 Å². The van der Waals surface area contributed by atoms with E-state index in [1.54, 1.807) is 12.1 Å². The van der Waals surface area contributed by atoms with Crippen molar-refractivity contribution >= 4 is 26.0 Å². The van der Waals surface area contributed by atoms with Crippen LogP contribution in [0.25, 0.3) is 6.08 Å². The van der Waals surface area contributed by atoms with E-state index < -0.39 is 25.7 Å².